The summed E-state index contributed by atoms with van der Waals surface area (Å²) in [4.78, 5) is 28.2. The monoisotopic (exact) mass is 408 g/mol. The molecule has 30 heavy (non-hydrogen) atoms. The zero-order chi connectivity index (χ0) is 21.3. The molecule has 3 amide bonds. The first kappa shape index (κ1) is 20.2. The largest absolute Gasteiger partial charge is 0.381 e. The molecule has 7 heteroatoms. The van der Waals surface area contributed by atoms with Crippen LogP contribution in [0.4, 0.5) is 10.5 Å². The highest BCUT2D eigenvalue weighted by Crippen LogP contribution is 2.30. The minimum absolute atomic E-state index is 0.155. The summed E-state index contributed by atoms with van der Waals surface area (Å²) in [5, 5.41) is 15.9. The number of anilines is 1. The van der Waals surface area contributed by atoms with Gasteiger partial charge in [-0.05, 0) is 67.5 Å². The summed E-state index contributed by atoms with van der Waals surface area (Å²) in [7, 11) is 0. The van der Waals surface area contributed by atoms with Gasteiger partial charge in [-0.25, -0.2) is 4.79 Å². The number of urea groups is 1. The molecular weight excluding hydrogens is 380 g/mol. The van der Waals surface area contributed by atoms with Crippen molar-refractivity contribution in [1.82, 2.24) is 15.1 Å². The summed E-state index contributed by atoms with van der Waals surface area (Å²) >= 11 is 0. The van der Waals surface area contributed by atoms with Crippen molar-refractivity contribution in [3.05, 3.63) is 65.7 Å². The van der Waals surface area contributed by atoms with Crippen molar-refractivity contribution in [1.29, 1.82) is 0 Å². The molecule has 158 valence electrons. The number of carbonyl (C=O) groups excluding carboxylic acids is 2. The fraction of sp³-hybridized carbons (Fsp3) is 0.391. The number of fused-ring (bicyclic) bond motifs is 1. The van der Waals surface area contributed by atoms with Crippen LogP contribution >= 0.6 is 0 Å². The molecule has 3 aliphatic rings. The average Bonchev–Trinajstić information content (AvgIpc) is 3.18. The maximum absolute atomic E-state index is 12.6. The molecule has 0 aliphatic carbocycles. The number of nitrogens with zero attached hydrogens (tertiary/aromatic N) is 2. The van der Waals surface area contributed by atoms with E-state index in [2.05, 4.69) is 10.6 Å². The zero-order valence-corrected chi connectivity index (χ0v) is 17.4. The van der Waals surface area contributed by atoms with Gasteiger partial charge in [0.05, 0.1) is 6.54 Å². The van der Waals surface area contributed by atoms with Gasteiger partial charge < -0.3 is 20.6 Å². The van der Waals surface area contributed by atoms with Gasteiger partial charge in [0.2, 0.25) is 0 Å². The van der Waals surface area contributed by atoms with E-state index in [0.717, 1.165) is 29.7 Å². The van der Waals surface area contributed by atoms with E-state index in [1.807, 2.05) is 48.9 Å². The number of nitrogens with one attached hydrogen (secondary N) is 2. The molecule has 4 rings (SSSR count). The predicted octanol–water partition coefficient (Wildman–Crippen LogP) is 2.90. The van der Waals surface area contributed by atoms with E-state index in [1.54, 1.807) is 9.80 Å². The van der Waals surface area contributed by atoms with E-state index < -0.39 is 5.60 Å². The second-order valence-electron chi connectivity index (χ2n) is 8.56. The summed E-state index contributed by atoms with van der Waals surface area (Å²) in [6.07, 6.45) is 9.30. The second kappa shape index (κ2) is 7.99. The Morgan fingerprint density at radius 1 is 1.17 bits per heavy atom. The highest BCUT2D eigenvalue weighted by Gasteiger charge is 2.32. The topological polar surface area (TPSA) is 84.9 Å². The molecule has 0 spiro atoms. The van der Waals surface area contributed by atoms with Crippen LogP contribution in [-0.4, -0.2) is 52.1 Å². The maximum Gasteiger partial charge on any atom is 0.326 e. The van der Waals surface area contributed by atoms with Crippen LogP contribution in [0.15, 0.2) is 60.1 Å². The van der Waals surface area contributed by atoms with Gasteiger partial charge in [-0.1, -0.05) is 12.1 Å². The third-order valence-corrected chi connectivity index (χ3v) is 5.82. The smallest absolute Gasteiger partial charge is 0.326 e. The van der Waals surface area contributed by atoms with Crippen LogP contribution in [0.2, 0.25) is 0 Å². The molecule has 3 aliphatic heterocycles. The van der Waals surface area contributed by atoms with E-state index in [1.165, 1.54) is 19.4 Å². The first-order valence-electron chi connectivity index (χ1n) is 10.3. The molecule has 0 radical (unpaired) electrons. The molecule has 1 aromatic carbocycles. The minimum Gasteiger partial charge on any atom is -0.381 e. The van der Waals surface area contributed by atoms with Crippen LogP contribution in [0.25, 0.3) is 0 Å². The Bertz CT molecular complexity index is 917. The van der Waals surface area contributed by atoms with E-state index in [0.29, 0.717) is 25.6 Å². The summed E-state index contributed by atoms with van der Waals surface area (Å²) in [6, 6.07) is 7.80. The fourth-order valence-corrected chi connectivity index (χ4v) is 4.10. The number of hydrogen-bond acceptors (Lipinski definition) is 4. The Kier molecular flexibility index (Phi) is 5.39. The number of amides is 3. The van der Waals surface area contributed by atoms with Crippen molar-refractivity contribution >= 4 is 17.6 Å². The van der Waals surface area contributed by atoms with Crippen molar-refractivity contribution in [3.8, 4) is 0 Å². The third-order valence-electron chi connectivity index (χ3n) is 5.82. The molecule has 0 atom stereocenters. The van der Waals surface area contributed by atoms with Gasteiger partial charge in [0.15, 0.2) is 0 Å². The van der Waals surface area contributed by atoms with Crippen molar-refractivity contribution in [2.75, 3.05) is 25.0 Å². The zero-order valence-electron chi connectivity index (χ0n) is 17.4. The van der Waals surface area contributed by atoms with E-state index >= 15 is 0 Å². The number of likely N-dealkylation sites (tertiary alicyclic amines) is 1. The lowest BCUT2D eigenvalue weighted by molar-refractivity contribution is -0.148. The molecule has 0 bridgehead atoms. The lowest BCUT2D eigenvalue weighted by Crippen LogP contribution is -2.48. The van der Waals surface area contributed by atoms with Crippen LogP contribution in [0.3, 0.4) is 0 Å². The summed E-state index contributed by atoms with van der Waals surface area (Å²) in [6.45, 7) is 4.92. The number of rotatable bonds is 3. The lowest BCUT2D eigenvalue weighted by atomic mass is 9.89. The average molecular weight is 409 g/mol. The van der Waals surface area contributed by atoms with E-state index in [9.17, 15) is 14.7 Å². The van der Waals surface area contributed by atoms with Gasteiger partial charge in [-0.3, -0.25) is 9.69 Å². The summed E-state index contributed by atoms with van der Waals surface area (Å²) in [5.74, 6) is 0.163. The number of benzene rings is 1. The van der Waals surface area contributed by atoms with Gasteiger partial charge in [-0.2, -0.15) is 0 Å². The minimum atomic E-state index is -1.32. The standard InChI is InChI=1S/C23H28N4O3/c1-23(2,30)21(28)26-11-8-17(9-12-26)16-3-5-20(6-4-16)25-22(29)27-14-18-7-10-24-13-19(18)15-27/h3-7,10,13-14,17,24,30H,8-9,11-12,15H2,1-2H3,(H,25,29). The number of aliphatic hydroxyl groups is 1. The number of allylic oxidation sites excluding steroid dienone is 1. The Morgan fingerprint density at radius 2 is 1.87 bits per heavy atom. The fourth-order valence-electron chi connectivity index (χ4n) is 4.10. The SMILES string of the molecule is CC(C)(O)C(=O)N1CCC(c2ccc(NC(=O)N3C=C4C=CNC=C4C3)cc2)CC1. The molecule has 1 saturated heterocycles. The molecule has 1 aromatic rings. The van der Waals surface area contributed by atoms with Crippen LogP contribution in [0.1, 0.15) is 38.2 Å². The molecule has 0 saturated carbocycles. The van der Waals surface area contributed by atoms with E-state index in [4.69, 9.17) is 0 Å². The molecule has 1 fully saturated rings. The highest BCUT2D eigenvalue weighted by atomic mass is 16.3. The second-order valence-corrected chi connectivity index (χ2v) is 8.56. The molecule has 0 aromatic heterocycles. The first-order valence-corrected chi connectivity index (χ1v) is 10.3. The van der Waals surface area contributed by atoms with Crippen LogP contribution in [-0.2, 0) is 4.79 Å². The Labute approximate surface area is 176 Å². The van der Waals surface area contributed by atoms with Crippen molar-refractivity contribution in [2.24, 2.45) is 0 Å². The summed E-state index contributed by atoms with van der Waals surface area (Å²) in [5.41, 5.74) is 2.79. The number of hydrogen-bond donors (Lipinski definition) is 3. The number of dihydropyridines is 1. The third kappa shape index (κ3) is 4.26. The highest BCUT2D eigenvalue weighted by molar-refractivity contribution is 5.91. The Hall–Kier alpha value is -3.06. The van der Waals surface area contributed by atoms with E-state index in [-0.39, 0.29) is 11.9 Å². The van der Waals surface area contributed by atoms with Gasteiger partial charge >= 0.3 is 6.03 Å². The van der Waals surface area contributed by atoms with Gasteiger partial charge in [0.1, 0.15) is 5.60 Å². The Morgan fingerprint density at radius 3 is 2.50 bits per heavy atom. The molecule has 3 N–H and O–H groups in total. The van der Waals surface area contributed by atoms with Gasteiger partial charge in [-0.15, -0.1) is 0 Å². The van der Waals surface area contributed by atoms with Crippen molar-refractivity contribution in [3.63, 3.8) is 0 Å². The number of carbonyl (C=O) groups is 2. The van der Waals surface area contributed by atoms with Crippen LogP contribution < -0.4 is 10.6 Å². The molecular formula is C23H28N4O3. The quantitative estimate of drug-likeness (QED) is 0.718. The number of piperidine rings is 1. The first-order chi connectivity index (χ1) is 14.3. The normalized spacial score (nSPS) is 19.0. The molecule has 3 heterocycles. The Balaban J connectivity index is 1.32. The van der Waals surface area contributed by atoms with Crippen molar-refractivity contribution in [2.45, 2.75) is 38.2 Å². The predicted molar refractivity (Wildman–Crippen MR) is 115 cm³/mol. The van der Waals surface area contributed by atoms with Gasteiger partial charge in [0.25, 0.3) is 5.91 Å². The maximum atomic E-state index is 12.6. The lowest BCUT2D eigenvalue weighted by Gasteiger charge is -2.35. The van der Waals surface area contributed by atoms with Crippen LogP contribution in [0, 0.1) is 0 Å². The van der Waals surface area contributed by atoms with Gasteiger partial charge in [0, 0.05) is 37.4 Å². The van der Waals surface area contributed by atoms with Crippen molar-refractivity contribution < 1.29 is 14.7 Å². The molecule has 7 nitrogen and oxygen atoms in total. The molecule has 0 unspecified atom stereocenters. The van der Waals surface area contributed by atoms with Crippen LogP contribution in [0.5, 0.6) is 0 Å². The summed E-state index contributed by atoms with van der Waals surface area (Å²) < 4.78 is 0.